The third kappa shape index (κ3) is 5.47. The first-order valence-electron chi connectivity index (χ1n) is 2.70. The van der Waals surface area contributed by atoms with E-state index in [0.717, 1.165) is 0 Å². The Labute approximate surface area is 50.3 Å². The summed E-state index contributed by atoms with van der Waals surface area (Å²) in [6, 6.07) is 0. The van der Waals surface area contributed by atoms with Crippen molar-refractivity contribution in [3.63, 3.8) is 0 Å². The molecular formula is C6H12NO. The maximum absolute atomic E-state index is 10.2. The largest absolute Gasteiger partial charge is 0.356 e. The maximum Gasteiger partial charge on any atom is 0.216 e. The van der Waals surface area contributed by atoms with Crippen molar-refractivity contribution in [2.45, 2.75) is 13.8 Å². The molecule has 1 atom stereocenters. The first kappa shape index (κ1) is 7.47. The zero-order valence-electron chi connectivity index (χ0n) is 5.40. The highest BCUT2D eigenvalue weighted by Crippen LogP contribution is 1.84. The molecule has 0 heterocycles. The minimum Gasteiger partial charge on any atom is -0.356 e. The molecule has 0 saturated carbocycles. The van der Waals surface area contributed by atoms with E-state index in [1.165, 1.54) is 6.92 Å². The highest BCUT2D eigenvalue weighted by atomic mass is 16.1. The van der Waals surface area contributed by atoms with Crippen molar-refractivity contribution in [1.29, 1.82) is 0 Å². The van der Waals surface area contributed by atoms with Gasteiger partial charge in [0.05, 0.1) is 0 Å². The van der Waals surface area contributed by atoms with Crippen molar-refractivity contribution in [3.8, 4) is 0 Å². The first-order chi connectivity index (χ1) is 3.63. The lowest BCUT2D eigenvalue weighted by Gasteiger charge is -2.02. The predicted octanol–water partition coefficient (Wildman–Crippen LogP) is 0.593. The Morgan fingerprint density at radius 2 is 2.38 bits per heavy atom. The van der Waals surface area contributed by atoms with Gasteiger partial charge in [-0.2, -0.15) is 0 Å². The lowest BCUT2D eigenvalue weighted by molar-refractivity contribution is -0.119. The Morgan fingerprint density at radius 1 is 1.88 bits per heavy atom. The lowest BCUT2D eigenvalue weighted by atomic mass is 10.2. The molecule has 0 bridgehead atoms. The third-order valence-corrected chi connectivity index (χ3v) is 0.699. The van der Waals surface area contributed by atoms with Crippen molar-refractivity contribution in [2.75, 3.05) is 6.54 Å². The topological polar surface area (TPSA) is 29.1 Å². The van der Waals surface area contributed by atoms with Gasteiger partial charge < -0.3 is 5.32 Å². The van der Waals surface area contributed by atoms with Crippen LogP contribution in [0.1, 0.15) is 13.8 Å². The van der Waals surface area contributed by atoms with Crippen LogP contribution in [-0.4, -0.2) is 12.5 Å². The van der Waals surface area contributed by atoms with Crippen LogP contribution in [0.25, 0.3) is 0 Å². The average molecular weight is 114 g/mol. The molecule has 47 valence electrons. The predicted molar refractivity (Wildman–Crippen MR) is 33.2 cm³/mol. The Hall–Kier alpha value is -0.530. The van der Waals surface area contributed by atoms with Crippen LogP contribution in [0.4, 0.5) is 0 Å². The summed E-state index contributed by atoms with van der Waals surface area (Å²) in [5.41, 5.74) is 0. The fraction of sp³-hybridized carbons (Fsp3) is 0.667. The third-order valence-electron chi connectivity index (χ3n) is 0.699. The fourth-order valence-corrected chi connectivity index (χ4v) is 0.318. The van der Waals surface area contributed by atoms with E-state index in [0.29, 0.717) is 12.5 Å². The summed E-state index contributed by atoms with van der Waals surface area (Å²) in [5, 5.41) is 2.64. The van der Waals surface area contributed by atoms with Gasteiger partial charge in [0, 0.05) is 13.5 Å². The number of rotatable bonds is 2. The van der Waals surface area contributed by atoms with Crippen LogP contribution in [-0.2, 0) is 4.79 Å². The van der Waals surface area contributed by atoms with Crippen LogP contribution in [0.2, 0.25) is 0 Å². The van der Waals surface area contributed by atoms with Crippen LogP contribution < -0.4 is 5.32 Å². The SMILES string of the molecule is [CH2]C(C)CNC(C)=O. The molecule has 0 aliphatic rings. The molecule has 1 N–H and O–H groups in total. The van der Waals surface area contributed by atoms with Gasteiger partial charge in [-0.3, -0.25) is 4.79 Å². The molecule has 8 heavy (non-hydrogen) atoms. The van der Waals surface area contributed by atoms with Crippen molar-refractivity contribution in [3.05, 3.63) is 6.92 Å². The Morgan fingerprint density at radius 3 is 2.50 bits per heavy atom. The summed E-state index contributed by atoms with van der Waals surface area (Å²) in [6.07, 6.45) is 0. The van der Waals surface area contributed by atoms with Crippen molar-refractivity contribution in [2.24, 2.45) is 5.92 Å². The molecule has 0 aromatic carbocycles. The Kier molecular flexibility index (Phi) is 3.24. The highest BCUT2D eigenvalue weighted by Gasteiger charge is 1.92. The zero-order chi connectivity index (χ0) is 6.57. The second kappa shape index (κ2) is 3.47. The summed E-state index contributed by atoms with van der Waals surface area (Å²) in [5.74, 6) is 0.319. The van der Waals surface area contributed by atoms with Crippen molar-refractivity contribution >= 4 is 5.91 Å². The van der Waals surface area contributed by atoms with Gasteiger partial charge >= 0.3 is 0 Å². The lowest BCUT2D eigenvalue weighted by Crippen LogP contribution is -2.24. The molecule has 0 aromatic rings. The molecule has 1 radical (unpaired) electrons. The van der Waals surface area contributed by atoms with E-state index in [2.05, 4.69) is 12.2 Å². The molecule has 0 saturated heterocycles. The zero-order valence-corrected chi connectivity index (χ0v) is 5.40. The standard InChI is InChI=1S/C6H12NO/c1-5(2)4-7-6(3)8/h5H,1,4H2,2-3H3,(H,7,8). The molecule has 0 spiro atoms. The van der Waals surface area contributed by atoms with E-state index in [9.17, 15) is 4.79 Å². The maximum atomic E-state index is 10.2. The summed E-state index contributed by atoms with van der Waals surface area (Å²) >= 11 is 0. The number of hydrogen-bond donors (Lipinski definition) is 1. The molecular weight excluding hydrogens is 102 g/mol. The van der Waals surface area contributed by atoms with E-state index < -0.39 is 0 Å². The first-order valence-corrected chi connectivity index (χ1v) is 2.70. The van der Waals surface area contributed by atoms with E-state index in [1.54, 1.807) is 0 Å². The summed E-state index contributed by atoms with van der Waals surface area (Å²) in [6.45, 7) is 7.83. The van der Waals surface area contributed by atoms with Crippen LogP contribution in [0, 0.1) is 12.8 Å². The Bertz CT molecular complexity index is 78.6. The average Bonchev–Trinajstić information content (AvgIpc) is 1.61. The molecule has 0 aliphatic carbocycles. The molecule has 2 nitrogen and oxygen atoms in total. The minimum absolute atomic E-state index is 0.0144. The van der Waals surface area contributed by atoms with Gasteiger partial charge in [-0.25, -0.2) is 0 Å². The van der Waals surface area contributed by atoms with E-state index >= 15 is 0 Å². The second-order valence-corrected chi connectivity index (χ2v) is 2.04. The van der Waals surface area contributed by atoms with E-state index in [-0.39, 0.29) is 5.91 Å². The van der Waals surface area contributed by atoms with E-state index in [4.69, 9.17) is 0 Å². The van der Waals surface area contributed by atoms with Gasteiger partial charge in [-0.1, -0.05) is 6.92 Å². The number of nitrogens with one attached hydrogen (secondary N) is 1. The van der Waals surface area contributed by atoms with Gasteiger partial charge in [-0.05, 0) is 12.8 Å². The monoisotopic (exact) mass is 114 g/mol. The van der Waals surface area contributed by atoms with E-state index in [1.807, 2.05) is 6.92 Å². The number of hydrogen-bond acceptors (Lipinski definition) is 1. The van der Waals surface area contributed by atoms with Crippen molar-refractivity contribution in [1.82, 2.24) is 5.32 Å². The van der Waals surface area contributed by atoms with Crippen LogP contribution in [0.3, 0.4) is 0 Å². The van der Waals surface area contributed by atoms with Gasteiger partial charge in [0.25, 0.3) is 0 Å². The van der Waals surface area contributed by atoms with Crippen molar-refractivity contribution < 1.29 is 4.79 Å². The molecule has 2 heteroatoms. The number of carbonyl (C=O) groups is 1. The van der Waals surface area contributed by atoms with Gasteiger partial charge in [-0.15, -0.1) is 0 Å². The van der Waals surface area contributed by atoms with Gasteiger partial charge in [0.2, 0.25) is 5.91 Å². The molecule has 0 aromatic heterocycles. The normalized spacial score (nSPS) is 9.50. The quantitative estimate of drug-likeness (QED) is 0.559. The molecule has 1 unspecified atom stereocenters. The Balaban J connectivity index is 3.05. The van der Waals surface area contributed by atoms with Crippen LogP contribution >= 0.6 is 0 Å². The molecule has 1 amide bonds. The number of amides is 1. The molecule has 0 aliphatic heterocycles. The summed E-state index contributed by atoms with van der Waals surface area (Å²) in [7, 11) is 0. The van der Waals surface area contributed by atoms with Crippen LogP contribution in [0.15, 0.2) is 0 Å². The number of carbonyl (C=O) groups excluding carboxylic acids is 1. The van der Waals surface area contributed by atoms with Crippen LogP contribution in [0.5, 0.6) is 0 Å². The second-order valence-electron chi connectivity index (χ2n) is 2.04. The summed E-state index contributed by atoms with van der Waals surface area (Å²) < 4.78 is 0. The van der Waals surface area contributed by atoms with Gasteiger partial charge in [0.1, 0.15) is 0 Å². The minimum atomic E-state index is 0.0144. The summed E-state index contributed by atoms with van der Waals surface area (Å²) in [4.78, 5) is 10.2. The fourth-order valence-electron chi connectivity index (χ4n) is 0.318. The molecule has 0 rings (SSSR count). The highest BCUT2D eigenvalue weighted by molar-refractivity contribution is 5.72. The molecule has 0 fully saturated rings. The van der Waals surface area contributed by atoms with Gasteiger partial charge in [0.15, 0.2) is 0 Å². The smallest absolute Gasteiger partial charge is 0.216 e.